The van der Waals surface area contributed by atoms with Gasteiger partial charge in [0.25, 0.3) is 0 Å². The molecule has 5 nitrogen and oxygen atoms in total. The second-order valence-electron chi connectivity index (χ2n) is 3.83. The van der Waals surface area contributed by atoms with Crippen molar-refractivity contribution in [3.05, 3.63) is 46.3 Å². The van der Waals surface area contributed by atoms with Crippen LogP contribution < -0.4 is 10.1 Å². The second kappa shape index (κ2) is 5.87. The molecule has 0 unspecified atom stereocenters. The number of nitrogens with zero attached hydrogens (tertiary/aromatic N) is 1. The Balaban J connectivity index is 2.35. The summed E-state index contributed by atoms with van der Waals surface area (Å²) < 4.78 is 18.9. The molecule has 0 aliphatic carbocycles. The summed E-state index contributed by atoms with van der Waals surface area (Å²) in [4.78, 5) is 15.1. The van der Waals surface area contributed by atoms with E-state index in [9.17, 15) is 9.18 Å². The number of hydrogen-bond donors (Lipinski definition) is 2. The number of benzene rings is 1. The Morgan fingerprint density at radius 2 is 2.20 bits per heavy atom. The van der Waals surface area contributed by atoms with Crippen LogP contribution in [0, 0.1) is 5.82 Å². The minimum absolute atomic E-state index is 0.0180. The molecule has 20 heavy (non-hydrogen) atoms. The third-order valence-corrected chi connectivity index (χ3v) is 2.93. The van der Waals surface area contributed by atoms with E-state index in [0.717, 1.165) is 0 Å². The number of anilines is 2. The van der Waals surface area contributed by atoms with E-state index in [-0.39, 0.29) is 17.1 Å². The summed E-state index contributed by atoms with van der Waals surface area (Å²) in [6, 6.07) is 5.62. The van der Waals surface area contributed by atoms with Crippen LogP contribution in [0.5, 0.6) is 5.75 Å². The molecule has 0 amide bonds. The van der Waals surface area contributed by atoms with Crippen LogP contribution in [-0.4, -0.2) is 23.2 Å². The summed E-state index contributed by atoms with van der Waals surface area (Å²) in [5.74, 6) is -1.44. The maximum atomic E-state index is 13.6. The molecule has 0 saturated heterocycles. The van der Waals surface area contributed by atoms with Crippen LogP contribution in [0.4, 0.5) is 15.9 Å². The number of aromatic nitrogens is 1. The van der Waals surface area contributed by atoms with E-state index < -0.39 is 11.8 Å². The van der Waals surface area contributed by atoms with E-state index in [1.807, 2.05) is 0 Å². The summed E-state index contributed by atoms with van der Waals surface area (Å²) in [7, 11) is 1.37. The molecule has 0 radical (unpaired) electrons. The summed E-state index contributed by atoms with van der Waals surface area (Å²) in [6.07, 6.45) is 1.45. The molecule has 104 valence electrons. The van der Waals surface area contributed by atoms with Gasteiger partial charge in [-0.3, -0.25) is 0 Å². The van der Waals surface area contributed by atoms with E-state index in [4.69, 9.17) is 9.84 Å². The maximum absolute atomic E-state index is 13.6. The van der Waals surface area contributed by atoms with Crippen molar-refractivity contribution in [2.75, 3.05) is 12.4 Å². The Bertz CT molecular complexity index is 664. The Labute approximate surface area is 122 Å². The van der Waals surface area contributed by atoms with Gasteiger partial charge in [-0.2, -0.15) is 0 Å². The third-order valence-electron chi connectivity index (χ3n) is 2.50. The van der Waals surface area contributed by atoms with Gasteiger partial charge in [0.15, 0.2) is 11.6 Å². The second-order valence-corrected chi connectivity index (χ2v) is 4.74. The monoisotopic (exact) mass is 340 g/mol. The fourth-order valence-corrected chi connectivity index (χ4v) is 1.91. The van der Waals surface area contributed by atoms with Crippen molar-refractivity contribution in [1.82, 2.24) is 4.98 Å². The van der Waals surface area contributed by atoms with Crippen molar-refractivity contribution in [3.8, 4) is 5.75 Å². The summed E-state index contributed by atoms with van der Waals surface area (Å²) >= 11 is 3.15. The van der Waals surface area contributed by atoms with Gasteiger partial charge >= 0.3 is 5.97 Å². The third kappa shape index (κ3) is 3.05. The first kappa shape index (κ1) is 14.3. The first-order valence-electron chi connectivity index (χ1n) is 5.50. The zero-order valence-electron chi connectivity index (χ0n) is 10.4. The topological polar surface area (TPSA) is 71.5 Å². The number of carboxylic acid groups (broad SMARTS) is 1. The molecule has 7 heteroatoms. The van der Waals surface area contributed by atoms with Gasteiger partial charge < -0.3 is 15.2 Å². The van der Waals surface area contributed by atoms with E-state index in [1.165, 1.54) is 31.5 Å². The summed E-state index contributed by atoms with van der Waals surface area (Å²) in [5, 5.41) is 11.9. The van der Waals surface area contributed by atoms with Gasteiger partial charge in [-0.05, 0) is 34.1 Å². The molecule has 1 aromatic heterocycles. The molecular weight excluding hydrogens is 331 g/mol. The van der Waals surface area contributed by atoms with Crippen molar-refractivity contribution in [2.24, 2.45) is 0 Å². The average molecular weight is 341 g/mol. The first-order valence-corrected chi connectivity index (χ1v) is 6.30. The molecule has 0 atom stereocenters. The number of pyridine rings is 1. The number of nitrogens with one attached hydrogen (secondary N) is 1. The van der Waals surface area contributed by atoms with Crippen molar-refractivity contribution >= 4 is 33.4 Å². The number of halogens is 2. The summed E-state index contributed by atoms with van der Waals surface area (Å²) in [6.45, 7) is 0. The van der Waals surface area contributed by atoms with Gasteiger partial charge in [0.05, 0.1) is 7.11 Å². The van der Waals surface area contributed by atoms with Crippen LogP contribution in [0.1, 0.15) is 10.4 Å². The molecule has 1 aromatic carbocycles. The lowest BCUT2D eigenvalue weighted by Crippen LogP contribution is -2.05. The van der Waals surface area contributed by atoms with Crippen molar-refractivity contribution < 1.29 is 19.0 Å². The standard InChI is InChI=1S/C13H10BrFN2O3/c1-20-11-3-2-8(5-10(11)15)17-12-9(13(18)19)4-7(14)6-16-12/h2-6H,1H3,(H,16,17)(H,18,19). The Morgan fingerprint density at radius 1 is 1.45 bits per heavy atom. The van der Waals surface area contributed by atoms with Crippen LogP contribution in [0.3, 0.4) is 0 Å². The molecule has 1 heterocycles. The number of carboxylic acids is 1. The van der Waals surface area contributed by atoms with Gasteiger partial charge in [0.1, 0.15) is 11.4 Å². The number of aromatic carboxylic acids is 1. The van der Waals surface area contributed by atoms with E-state index in [1.54, 1.807) is 6.07 Å². The lowest BCUT2D eigenvalue weighted by atomic mass is 10.2. The first-order chi connectivity index (χ1) is 9.51. The SMILES string of the molecule is COc1ccc(Nc2ncc(Br)cc2C(=O)O)cc1F. The highest BCUT2D eigenvalue weighted by atomic mass is 79.9. The van der Waals surface area contributed by atoms with Crippen LogP contribution in [0.15, 0.2) is 34.9 Å². The molecule has 0 saturated carbocycles. The smallest absolute Gasteiger partial charge is 0.339 e. The van der Waals surface area contributed by atoms with Gasteiger partial charge in [-0.15, -0.1) is 0 Å². The maximum Gasteiger partial charge on any atom is 0.339 e. The van der Waals surface area contributed by atoms with Crippen LogP contribution >= 0.6 is 15.9 Å². The molecule has 2 aromatic rings. The lowest BCUT2D eigenvalue weighted by molar-refractivity contribution is 0.0697. The fraction of sp³-hybridized carbons (Fsp3) is 0.0769. The minimum atomic E-state index is -1.13. The van der Waals surface area contributed by atoms with E-state index in [0.29, 0.717) is 10.2 Å². The lowest BCUT2D eigenvalue weighted by Gasteiger charge is -2.10. The summed E-state index contributed by atoms with van der Waals surface area (Å²) in [5.41, 5.74) is 0.358. The van der Waals surface area contributed by atoms with Crippen molar-refractivity contribution in [3.63, 3.8) is 0 Å². The molecule has 0 fully saturated rings. The zero-order chi connectivity index (χ0) is 14.7. The zero-order valence-corrected chi connectivity index (χ0v) is 11.9. The van der Waals surface area contributed by atoms with E-state index >= 15 is 0 Å². The van der Waals surface area contributed by atoms with E-state index in [2.05, 4.69) is 26.2 Å². The highest BCUT2D eigenvalue weighted by Gasteiger charge is 2.13. The van der Waals surface area contributed by atoms with Crippen LogP contribution in [0.2, 0.25) is 0 Å². The fourth-order valence-electron chi connectivity index (χ4n) is 1.58. The predicted octanol–water partition coefficient (Wildman–Crippen LogP) is 3.43. The quantitative estimate of drug-likeness (QED) is 0.892. The number of methoxy groups -OCH3 is 1. The highest BCUT2D eigenvalue weighted by Crippen LogP contribution is 2.25. The minimum Gasteiger partial charge on any atom is -0.494 e. The molecule has 0 aliphatic rings. The van der Waals surface area contributed by atoms with Gasteiger partial charge in [-0.25, -0.2) is 14.2 Å². The molecular formula is C13H10BrFN2O3. The van der Waals surface area contributed by atoms with Crippen LogP contribution in [-0.2, 0) is 0 Å². The average Bonchev–Trinajstić information content (AvgIpc) is 2.41. The van der Waals surface area contributed by atoms with Crippen molar-refractivity contribution in [1.29, 1.82) is 0 Å². The Hall–Kier alpha value is -2.15. The Morgan fingerprint density at radius 3 is 2.80 bits per heavy atom. The van der Waals surface area contributed by atoms with Gasteiger partial charge in [0.2, 0.25) is 0 Å². The largest absolute Gasteiger partial charge is 0.494 e. The molecule has 0 spiro atoms. The normalized spacial score (nSPS) is 10.2. The predicted molar refractivity (Wildman–Crippen MR) is 75.1 cm³/mol. The number of hydrogen-bond acceptors (Lipinski definition) is 4. The molecule has 2 N–H and O–H groups in total. The highest BCUT2D eigenvalue weighted by molar-refractivity contribution is 9.10. The van der Waals surface area contributed by atoms with Gasteiger partial charge in [-0.1, -0.05) is 0 Å². The van der Waals surface area contributed by atoms with Gasteiger partial charge in [0, 0.05) is 22.4 Å². The number of rotatable bonds is 4. The number of ether oxygens (including phenoxy) is 1. The Kier molecular flexibility index (Phi) is 4.19. The number of carbonyl (C=O) groups is 1. The van der Waals surface area contributed by atoms with Crippen molar-refractivity contribution in [2.45, 2.75) is 0 Å². The molecule has 0 bridgehead atoms. The molecule has 2 rings (SSSR count). The van der Waals surface area contributed by atoms with Crippen LogP contribution in [0.25, 0.3) is 0 Å². The molecule has 0 aliphatic heterocycles.